The molecule has 2 nitrogen and oxygen atoms in total. The molecule has 20 heavy (non-hydrogen) atoms. The third kappa shape index (κ3) is 3.42. The molecule has 112 valence electrons. The van der Waals surface area contributed by atoms with Gasteiger partial charge in [0, 0.05) is 12.1 Å². The molecule has 0 saturated heterocycles. The van der Waals surface area contributed by atoms with Gasteiger partial charge in [-0.2, -0.15) is 0 Å². The van der Waals surface area contributed by atoms with E-state index in [0.29, 0.717) is 12.1 Å². The highest BCUT2D eigenvalue weighted by Gasteiger charge is 2.29. The summed E-state index contributed by atoms with van der Waals surface area (Å²) in [5, 5.41) is 3.60. The lowest BCUT2D eigenvalue weighted by Crippen LogP contribution is -2.44. The topological polar surface area (TPSA) is 15.3 Å². The van der Waals surface area contributed by atoms with Gasteiger partial charge in [-0.1, -0.05) is 44.5 Å². The number of benzene rings is 1. The lowest BCUT2D eigenvalue weighted by atomic mass is 9.95. The molecule has 0 aromatic heterocycles. The van der Waals surface area contributed by atoms with Crippen molar-refractivity contribution in [2.45, 2.75) is 58.0 Å². The molecule has 1 aliphatic rings. The van der Waals surface area contributed by atoms with Crippen molar-refractivity contribution < 1.29 is 0 Å². The maximum Gasteiger partial charge on any atom is 0.0478 e. The van der Waals surface area contributed by atoms with Crippen LogP contribution in [0.2, 0.25) is 0 Å². The maximum absolute atomic E-state index is 3.60. The summed E-state index contributed by atoms with van der Waals surface area (Å²) in [7, 11) is 2.12. The molecule has 1 N–H and O–H groups in total. The first-order valence-electron chi connectivity index (χ1n) is 8.30. The molecule has 0 aliphatic heterocycles. The Balaban J connectivity index is 2.24. The number of hydrogen-bond donors (Lipinski definition) is 1. The Morgan fingerprint density at radius 1 is 1.25 bits per heavy atom. The van der Waals surface area contributed by atoms with Crippen LogP contribution >= 0.6 is 0 Å². The Hall–Kier alpha value is -0.860. The molecule has 0 heterocycles. The van der Waals surface area contributed by atoms with Crippen molar-refractivity contribution in [2.75, 3.05) is 20.1 Å². The largest absolute Gasteiger partial charge is 0.312 e. The molecule has 0 bridgehead atoms. The van der Waals surface area contributed by atoms with Crippen molar-refractivity contribution in [3.8, 4) is 0 Å². The summed E-state index contributed by atoms with van der Waals surface area (Å²) in [6.45, 7) is 6.98. The molecular weight excluding hydrogens is 244 g/mol. The first kappa shape index (κ1) is 15.5. The summed E-state index contributed by atoms with van der Waals surface area (Å²) in [6, 6.07) is 10.1. The van der Waals surface area contributed by atoms with E-state index in [1.165, 1.54) is 44.2 Å². The molecular formula is C18H30N2. The third-order valence-electron chi connectivity index (χ3n) is 4.71. The van der Waals surface area contributed by atoms with Gasteiger partial charge in [0.1, 0.15) is 0 Å². The average Bonchev–Trinajstić information content (AvgIpc) is 2.67. The van der Waals surface area contributed by atoms with E-state index < -0.39 is 0 Å². The lowest BCUT2D eigenvalue weighted by molar-refractivity contribution is 0.156. The Bertz CT molecular complexity index is 402. The second-order valence-corrected chi connectivity index (χ2v) is 5.91. The van der Waals surface area contributed by atoms with E-state index in [9.17, 15) is 0 Å². The Kier molecular flexibility index (Phi) is 6.06. The molecule has 1 aromatic carbocycles. The van der Waals surface area contributed by atoms with Crippen LogP contribution in [0.15, 0.2) is 24.3 Å². The Morgan fingerprint density at radius 2 is 2.05 bits per heavy atom. The number of fused-ring (bicyclic) bond motifs is 1. The van der Waals surface area contributed by atoms with Crippen LogP contribution in [-0.2, 0) is 6.42 Å². The van der Waals surface area contributed by atoms with Crippen molar-refractivity contribution >= 4 is 0 Å². The number of nitrogens with one attached hydrogen (secondary N) is 1. The SMILES string of the molecule is CCCCN(CC)C1CCCc2ccccc2C1NC. The van der Waals surface area contributed by atoms with Crippen LogP contribution < -0.4 is 5.32 Å². The van der Waals surface area contributed by atoms with Gasteiger partial charge in [0.25, 0.3) is 0 Å². The molecule has 1 aliphatic carbocycles. The van der Waals surface area contributed by atoms with Crippen LogP contribution in [0.1, 0.15) is 56.7 Å². The number of likely N-dealkylation sites (N-methyl/N-ethyl adjacent to an activating group) is 2. The number of nitrogens with zero attached hydrogens (tertiary/aromatic N) is 1. The highest BCUT2D eigenvalue weighted by atomic mass is 15.2. The highest BCUT2D eigenvalue weighted by Crippen LogP contribution is 2.31. The van der Waals surface area contributed by atoms with Crippen molar-refractivity contribution in [3.05, 3.63) is 35.4 Å². The van der Waals surface area contributed by atoms with Crippen LogP contribution in [-0.4, -0.2) is 31.1 Å². The van der Waals surface area contributed by atoms with Crippen LogP contribution in [0.5, 0.6) is 0 Å². The minimum atomic E-state index is 0.477. The van der Waals surface area contributed by atoms with E-state index in [1.54, 1.807) is 5.56 Å². The number of aryl methyl sites for hydroxylation is 1. The van der Waals surface area contributed by atoms with Gasteiger partial charge in [0.05, 0.1) is 0 Å². The zero-order valence-electron chi connectivity index (χ0n) is 13.4. The molecule has 1 aromatic rings. The van der Waals surface area contributed by atoms with E-state index in [2.05, 4.69) is 55.4 Å². The monoisotopic (exact) mass is 274 g/mol. The van der Waals surface area contributed by atoms with Gasteiger partial charge in [-0.15, -0.1) is 0 Å². The van der Waals surface area contributed by atoms with Gasteiger partial charge in [-0.25, -0.2) is 0 Å². The van der Waals surface area contributed by atoms with E-state index in [-0.39, 0.29) is 0 Å². The van der Waals surface area contributed by atoms with Crippen LogP contribution in [0.25, 0.3) is 0 Å². The maximum atomic E-state index is 3.60. The number of rotatable bonds is 6. The average molecular weight is 274 g/mol. The Labute approximate surface area is 124 Å². The summed E-state index contributed by atoms with van der Waals surface area (Å²) < 4.78 is 0. The fraction of sp³-hybridized carbons (Fsp3) is 0.667. The predicted octanol–water partition coefficient (Wildman–Crippen LogP) is 3.77. The summed E-state index contributed by atoms with van der Waals surface area (Å²) in [5.41, 5.74) is 3.06. The van der Waals surface area contributed by atoms with E-state index in [1.807, 2.05) is 0 Å². The molecule has 2 heteroatoms. The lowest BCUT2D eigenvalue weighted by Gasteiger charge is -2.36. The molecule has 2 atom stereocenters. The molecule has 0 radical (unpaired) electrons. The van der Waals surface area contributed by atoms with Gasteiger partial charge in [-0.05, 0) is 56.9 Å². The van der Waals surface area contributed by atoms with Gasteiger partial charge in [0.15, 0.2) is 0 Å². The third-order valence-corrected chi connectivity index (χ3v) is 4.71. The molecule has 2 unspecified atom stereocenters. The smallest absolute Gasteiger partial charge is 0.0478 e. The highest BCUT2D eigenvalue weighted by molar-refractivity contribution is 5.32. The van der Waals surface area contributed by atoms with E-state index in [4.69, 9.17) is 0 Å². The first-order chi connectivity index (χ1) is 9.81. The quantitative estimate of drug-likeness (QED) is 0.794. The van der Waals surface area contributed by atoms with Gasteiger partial charge in [-0.3, -0.25) is 4.90 Å². The van der Waals surface area contributed by atoms with Crippen LogP contribution in [0.4, 0.5) is 0 Å². The predicted molar refractivity (Wildman–Crippen MR) is 87.1 cm³/mol. The molecule has 0 saturated carbocycles. The summed E-state index contributed by atoms with van der Waals surface area (Å²) in [4.78, 5) is 2.69. The number of unbranched alkanes of at least 4 members (excludes halogenated alkanes) is 1. The van der Waals surface area contributed by atoms with Crippen molar-refractivity contribution in [1.82, 2.24) is 10.2 Å². The Morgan fingerprint density at radius 3 is 2.75 bits per heavy atom. The van der Waals surface area contributed by atoms with Crippen LogP contribution in [0, 0.1) is 0 Å². The van der Waals surface area contributed by atoms with Crippen molar-refractivity contribution in [1.29, 1.82) is 0 Å². The molecule has 0 amide bonds. The molecule has 2 rings (SSSR count). The standard InChI is InChI=1S/C18H30N2/c1-4-6-14-20(5-2)17-13-9-11-15-10-7-8-12-16(15)18(17)19-3/h7-8,10,12,17-19H,4-6,9,11,13-14H2,1-3H3. The van der Waals surface area contributed by atoms with Crippen molar-refractivity contribution in [3.63, 3.8) is 0 Å². The van der Waals surface area contributed by atoms with Gasteiger partial charge in [0.2, 0.25) is 0 Å². The summed E-state index contributed by atoms with van der Waals surface area (Å²) in [5.74, 6) is 0. The van der Waals surface area contributed by atoms with Gasteiger partial charge < -0.3 is 5.32 Å². The van der Waals surface area contributed by atoms with E-state index in [0.717, 1.165) is 6.54 Å². The molecule has 0 fully saturated rings. The minimum absolute atomic E-state index is 0.477. The van der Waals surface area contributed by atoms with Gasteiger partial charge >= 0.3 is 0 Å². The zero-order chi connectivity index (χ0) is 14.4. The van der Waals surface area contributed by atoms with Crippen molar-refractivity contribution in [2.24, 2.45) is 0 Å². The molecule has 0 spiro atoms. The van der Waals surface area contributed by atoms with E-state index >= 15 is 0 Å². The first-order valence-corrected chi connectivity index (χ1v) is 8.30. The number of hydrogen-bond acceptors (Lipinski definition) is 2. The minimum Gasteiger partial charge on any atom is -0.312 e. The second-order valence-electron chi connectivity index (χ2n) is 5.91. The summed E-state index contributed by atoms with van der Waals surface area (Å²) >= 11 is 0. The fourth-order valence-corrected chi connectivity index (χ4v) is 3.60. The fourth-order valence-electron chi connectivity index (χ4n) is 3.60. The second kappa shape index (κ2) is 7.80. The zero-order valence-corrected chi connectivity index (χ0v) is 13.4. The van der Waals surface area contributed by atoms with Crippen LogP contribution in [0.3, 0.4) is 0 Å². The summed E-state index contributed by atoms with van der Waals surface area (Å²) in [6.07, 6.45) is 6.43. The normalized spacial score (nSPS) is 22.6.